The van der Waals surface area contributed by atoms with Crippen molar-refractivity contribution in [2.75, 3.05) is 13.2 Å². The summed E-state index contributed by atoms with van der Waals surface area (Å²) < 4.78 is 5.38. The second-order valence-corrected chi connectivity index (χ2v) is 3.96. The minimum atomic E-state index is 0.328. The summed E-state index contributed by atoms with van der Waals surface area (Å²) in [6.45, 7) is 2.49. The Balaban J connectivity index is 1.81. The predicted octanol–water partition coefficient (Wildman–Crippen LogP) is 1.66. The van der Waals surface area contributed by atoms with Crippen molar-refractivity contribution in [2.24, 2.45) is 0 Å². The molecule has 0 spiro atoms. The van der Waals surface area contributed by atoms with Gasteiger partial charge in [0.25, 0.3) is 0 Å². The van der Waals surface area contributed by atoms with Crippen LogP contribution in [0.2, 0.25) is 0 Å². The average Bonchev–Trinajstić information content (AvgIpc) is 2.28. The lowest BCUT2D eigenvalue weighted by atomic mass is 10.1. The molecule has 1 aliphatic heterocycles. The van der Waals surface area contributed by atoms with Crippen LogP contribution < -0.4 is 5.32 Å². The summed E-state index contributed by atoms with van der Waals surface area (Å²) in [6.07, 6.45) is 2.32. The Labute approximate surface area is 90.1 Å². The van der Waals surface area contributed by atoms with Gasteiger partial charge in [0.15, 0.2) is 0 Å². The van der Waals surface area contributed by atoms with Gasteiger partial charge in [-0.05, 0) is 30.5 Å². The topological polar surface area (TPSA) is 41.5 Å². The molecule has 2 N–H and O–H groups in total. The number of benzene rings is 1. The third-order valence-corrected chi connectivity index (χ3v) is 2.67. The van der Waals surface area contributed by atoms with E-state index in [0.29, 0.717) is 11.8 Å². The first-order valence-electron chi connectivity index (χ1n) is 5.43. The molecule has 15 heavy (non-hydrogen) atoms. The first kappa shape index (κ1) is 10.5. The number of phenols is 1. The minimum absolute atomic E-state index is 0.328. The van der Waals surface area contributed by atoms with E-state index in [1.807, 2.05) is 12.1 Å². The van der Waals surface area contributed by atoms with Gasteiger partial charge in [0.2, 0.25) is 0 Å². The summed E-state index contributed by atoms with van der Waals surface area (Å²) in [5, 5.41) is 12.7. The predicted molar refractivity (Wildman–Crippen MR) is 58.8 cm³/mol. The molecule has 0 radical (unpaired) electrons. The molecule has 1 aromatic carbocycles. The molecule has 3 heteroatoms. The monoisotopic (exact) mass is 207 g/mol. The van der Waals surface area contributed by atoms with Gasteiger partial charge in [-0.3, -0.25) is 0 Å². The van der Waals surface area contributed by atoms with Crippen LogP contribution in [0.3, 0.4) is 0 Å². The summed E-state index contributed by atoms with van der Waals surface area (Å²) >= 11 is 0. The summed E-state index contributed by atoms with van der Waals surface area (Å²) in [6, 6.07) is 7.81. The maximum absolute atomic E-state index is 9.30. The second-order valence-electron chi connectivity index (χ2n) is 3.96. The molecule has 1 aromatic rings. The van der Waals surface area contributed by atoms with Gasteiger partial charge < -0.3 is 15.2 Å². The fourth-order valence-corrected chi connectivity index (χ4v) is 1.83. The molecule has 2 rings (SSSR count). The molecule has 0 bridgehead atoms. The van der Waals surface area contributed by atoms with E-state index >= 15 is 0 Å². The lowest BCUT2D eigenvalue weighted by Crippen LogP contribution is -2.36. The molecule has 1 atom stereocenters. The number of ether oxygens (including phenoxy) is 1. The van der Waals surface area contributed by atoms with E-state index in [-0.39, 0.29) is 0 Å². The number of hydrogen-bond acceptors (Lipinski definition) is 3. The second kappa shape index (κ2) is 5.14. The molecule has 82 valence electrons. The summed E-state index contributed by atoms with van der Waals surface area (Å²) in [5.41, 5.74) is 1.11. The lowest BCUT2D eigenvalue weighted by Gasteiger charge is -2.23. The van der Waals surface area contributed by atoms with Crippen molar-refractivity contribution in [1.29, 1.82) is 0 Å². The Hall–Kier alpha value is -1.06. The van der Waals surface area contributed by atoms with Gasteiger partial charge >= 0.3 is 0 Å². The van der Waals surface area contributed by atoms with Crippen LogP contribution in [0.5, 0.6) is 5.75 Å². The van der Waals surface area contributed by atoms with Crippen LogP contribution in [-0.2, 0) is 11.3 Å². The Morgan fingerprint density at radius 1 is 1.47 bits per heavy atom. The average molecular weight is 207 g/mol. The number of phenolic OH excluding ortho intramolecular Hbond substituents is 1. The number of hydrogen-bond donors (Lipinski definition) is 2. The smallest absolute Gasteiger partial charge is 0.115 e. The molecule has 0 amide bonds. The highest BCUT2D eigenvalue weighted by molar-refractivity contribution is 5.26. The van der Waals surface area contributed by atoms with Crippen molar-refractivity contribution in [3.8, 4) is 5.75 Å². The SMILES string of the molecule is Oc1cccc(CNC2CCCOC2)c1. The molecule has 1 saturated heterocycles. The molecular formula is C12H17NO2. The summed E-state index contributed by atoms with van der Waals surface area (Å²) in [5.74, 6) is 0.328. The van der Waals surface area contributed by atoms with E-state index in [9.17, 15) is 5.11 Å². The third kappa shape index (κ3) is 3.22. The van der Waals surface area contributed by atoms with Crippen molar-refractivity contribution < 1.29 is 9.84 Å². The molecule has 1 aliphatic rings. The maximum atomic E-state index is 9.30. The van der Waals surface area contributed by atoms with Crippen LogP contribution in [-0.4, -0.2) is 24.4 Å². The van der Waals surface area contributed by atoms with Gasteiger partial charge in [0.1, 0.15) is 5.75 Å². The van der Waals surface area contributed by atoms with Crippen molar-refractivity contribution in [3.05, 3.63) is 29.8 Å². The zero-order valence-electron chi connectivity index (χ0n) is 8.78. The fraction of sp³-hybridized carbons (Fsp3) is 0.500. The molecule has 0 aliphatic carbocycles. The Morgan fingerprint density at radius 2 is 2.40 bits per heavy atom. The van der Waals surface area contributed by atoms with Crippen molar-refractivity contribution in [1.82, 2.24) is 5.32 Å². The van der Waals surface area contributed by atoms with Crippen LogP contribution in [0.15, 0.2) is 24.3 Å². The summed E-state index contributed by atoms with van der Waals surface area (Å²) in [4.78, 5) is 0. The quantitative estimate of drug-likeness (QED) is 0.792. The number of rotatable bonds is 3. The zero-order valence-corrected chi connectivity index (χ0v) is 8.78. The normalized spacial score (nSPS) is 21.5. The van der Waals surface area contributed by atoms with E-state index < -0.39 is 0 Å². The Bertz CT molecular complexity index is 308. The van der Waals surface area contributed by atoms with Crippen LogP contribution in [0, 0.1) is 0 Å². The van der Waals surface area contributed by atoms with E-state index in [0.717, 1.165) is 31.7 Å². The first-order chi connectivity index (χ1) is 7.34. The molecule has 1 unspecified atom stereocenters. The van der Waals surface area contributed by atoms with E-state index in [1.54, 1.807) is 12.1 Å². The molecule has 1 fully saturated rings. The largest absolute Gasteiger partial charge is 0.508 e. The minimum Gasteiger partial charge on any atom is -0.508 e. The highest BCUT2D eigenvalue weighted by Gasteiger charge is 2.12. The summed E-state index contributed by atoms with van der Waals surface area (Å²) in [7, 11) is 0. The third-order valence-electron chi connectivity index (χ3n) is 2.67. The van der Waals surface area contributed by atoms with Gasteiger partial charge in [-0.15, -0.1) is 0 Å². The van der Waals surface area contributed by atoms with Gasteiger partial charge in [0, 0.05) is 19.2 Å². The Kier molecular flexibility index (Phi) is 3.59. The van der Waals surface area contributed by atoms with Crippen molar-refractivity contribution in [3.63, 3.8) is 0 Å². The zero-order chi connectivity index (χ0) is 10.5. The van der Waals surface area contributed by atoms with E-state index in [2.05, 4.69) is 5.32 Å². The van der Waals surface area contributed by atoms with Gasteiger partial charge in [0.05, 0.1) is 6.61 Å². The van der Waals surface area contributed by atoms with Crippen LogP contribution in [0.1, 0.15) is 18.4 Å². The van der Waals surface area contributed by atoms with E-state index in [1.165, 1.54) is 6.42 Å². The van der Waals surface area contributed by atoms with Crippen LogP contribution in [0.4, 0.5) is 0 Å². The van der Waals surface area contributed by atoms with Gasteiger partial charge in [-0.25, -0.2) is 0 Å². The highest BCUT2D eigenvalue weighted by Crippen LogP contribution is 2.12. The number of aromatic hydroxyl groups is 1. The Morgan fingerprint density at radius 3 is 3.13 bits per heavy atom. The van der Waals surface area contributed by atoms with Crippen LogP contribution >= 0.6 is 0 Å². The van der Waals surface area contributed by atoms with Gasteiger partial charge in [-0.1, -0.05) is 12.1 Å². The number of nitrogens with one attached hydrogen (secondary N) is 1. The molecule has 1 heterocycles. The highest BCUT2D eigenvalue weighted by atomic mass is 16.5. The first-order valence-corrected chi connectivity index (χ1v) is 5.43. The molecule has 0 aromatic heterocycles. The van der Waals surface area contributed by atoms with Gasteiger partial charge in [-0.2, -0.15) is 0 Å². The molecular weight excluding hydrogens is 190 g/mol. The van der Waals surface area contributed by atoms with Crippen molar-refractivity contribution in [2.45, 2.75) is 25.4 Å². The molecule has 0 saturated carbocycles. The maximum Gasteiger partial charge on any atom is 0.115 e. The van der Waals surface area contributed by atoms with E-state index in [4.69, 9.17) is 4.74 Å². The molecule has 3 nitrogen and oxygen atoms in total. The standard InChI is InChI=1S/C12H17NO2/c14-12-5-1-3-10(7-12)8-13-11-4-2-6-15-9-11/h1,3,5,7,11,13-14H,2,4,6,8-9H2. The fourth-order valence-electron chi connectivity index (χ4n) is 1.83. The lowest BCUT2D eigenvalue weighted by molar-refractivity contribution is 0.0699. The van der Waals surface area contributed by atoms with Crippen molar-refractivity contribution >= 4 is 0 Å². The van der Waals surface area contributed by atoms with Crippen LogP contribution in [0.25, 0.3) is 0 Å².